The van der Waals surface area contributed by atoms with E-state index in [0.717, 1.165) is 0 Å². The molecule has 1 aromatic carbocycles. The van der Waals surface area contributed by atoms with Crippen molar-refractivity contribution >= 4 is 17.6 Å². The van der Waals surface area contributed by atoms with Crippen LogP contribution in [0.4, 0.5) is 0 Å². The number of rotatable bonds is 4. The third kappa shape index (κ3) is 2.90. The van der Waals surface area contributed by atoms with Crippen molar-refractivity contribution in [2.45, 2.75) is 13.0 Å². The zero-order valence-electron chi connectivity index (χ0n) is 10.3. The summed E-state index contributed by atoms with van der Waals surface area (Å²) in [7, 11) is 1.60. The number of ether oxygens (including phenoxy) is 1. The van der Waals surface area contributed by atoms with E-state index in [0.29, 0.717) is 11.3 Å². The van der Waals surface area contributed by atoms with Gasteiger partial charge in [0.2, 0.25) is 0 Å². The lowest BCUT2D eigenvalue weighted by molar-refractivity contribution is 0.412. The van der Waals surface area contributed by atoms with E-state index in [2.05, 4.69) is 11.1 Å². The number of benzene rings is 1. The zero-order valence-corrected chi connectivity index (χ0v) is 11.1. The van der Waals surface area contributed by atoms with E-state index >= 15 is 0 Å². The summed E-state index contributed by atoms with van der Waals surface area (Å²) < 4.78 is 5.12. The lowest BCUT2D eigenvalue weighted by Gasteiger charge is -2.05. The molecule has 0 aliphatic heterocycles. The van der Waals surface area contributed by atoms with E-state index in [4.69, 9.17) is 4.74 Å². The number of methoxy groups -OCH3 is 1. The van der Waals surface area contributed by atoms with Crippen LogP contribution in [-0.4, -0.2) is 18.4 Å². The first kappa shape index (κ1) is 12.6. The van der Waals surface area contributed by atoms with Crippen LogP contribution < -0.4 is 4.74 Å². The van der Waals surface area contributed by atoms with Gasteiger partial charge >= 0.3 is 0 Å². The van der Waals surface area contributed by atoms with Gasteiger partial charge in [-0.15, -0.1) is 11.3 Å². The van der Waals surface area contributed by atoms with Gasteiger partial charge in [-0.3, -0.25) is 4.99 Å². The molecule has 94 valence electrons. The third-order valence-electron chi connectivity index (χ3n) is 2.63. The number of phenols is 1. The van der Waals surface area contributed by atoms with E-state index in [9.17, 15) is 5.11 Å². The second kappa shape index (κ2) is 5.69. The minimum atomic E-state index is 0.0931. The molecule has 0 spiro atoms. The van der Waals surface area contributed by atoms with Crippen molar-refractivity contribution in [3.8, 4) is 11.5 Å². The molecule has 0 saturated heterocycles. The monoisotopic (exact) mass is 261 g/mol. The van der Waals surface area contributed by atoms with Crippen LogP contribution in [-0.2, 0) is 0 Å². The minimum Gasteiger partial charge on any atom is -0.507 e. The van der Waals surface area contributed by atoms with Crippen molar-refractivity contribution < 1.29 is 9.84 Å². The predicted molar refractivity (Wildman–Crippen MR) is 75.0 cm³/mol. The summed E-state index contributed by atoms with van der Waals surface area (Å²) in [6.07, 6.45) is 1.68. The normalized spacial score (nSPS) is 12.8. The zero-order chi connectivity index (χ0) is 13.0. The summed E-state index contributed by atoms with van der Waals surface area (Å²) in [5, 5.41) is 11.8. The molecule has 1 atom stereocenters. The second-order valence-corrected chi connectivity index (χ2v) is 4.87. The lowest BCUT2D eigenvalue weighted by atomic mass is 10.2. The van der Waals surface area contributed by atoms with Gasteiger partial charge in [0.1, 0.15) is 11.5 Å². The van der Waals surface area contributed by atoms with Gasteiger partial charge in [-0.1, -0.05) is 6.07 Å². The number of aliphatic imine (C=N–C) groups is 1. The average molecular weight is 261 g/mol. The first-order valence-electron chi connectivity index (χ1n) is 5.64. The molecule has 0 aliphatic carbocycles. The lowest BCUT2D eigenvalue weighted by Crippen LogP contribution is -1.90. The van der Waals surface area contributed by atoms with Gasteiger partial charge in [-0.25, -0.2) is 0 Å². The van der Waals surface area contributed by atoms with Crippen molar-refractivity contribution in [2.75, 3.05) is 7.11 Å². The molecule has 2 aromatic rings. The predicted octanol–water partition coefficient (Wildman–Crippen LogP) is 3.64. The molecule has 18 heavy (non-hydrogen) atoms. The standard InChI is InChI=1S/C14H15NO2S/c1-10(14-4-3-7-18-14)15-9-11-8-12(17-2)5-6-13(11)16/h3-10,16H,1-2H3/t10-/m0/s1. The fraction of sp³-hybridized carbons (Fsp3) is 0.214. The molecule has 1 heterocycles. The number of hydrogen-bond donors (Lipinski definition) is 1. The third-order valence-corrected chi connectivity index (χ3v) is 3.67. The highest BCUT2D eigenvalue weighted by molar-refractivity contribution is 7.10. The maximum atomic E-state index is 9.73. The molecule has 0 bridgehead atoms. The molecule has 1 aromatic heterocycles. The first-order valence-corrected chi connectivity index (χ1v) is 6.52. The number of nitrogens with zero attached hydrogens (tertiary/aromatic N) is 1. The summed E-state index contributed by atoms with van der Waals surface area (Å²) in [5.74, 6) is 0.913. The minimum absolute atomic E-state index is 0.0931. The van der Waals surface area contributed by atoms with Crippen LogP contribution >= 0.6 is 11.3 Å². The van der Waals surface area contributed by atoms with E-state index < -0.39 is 0 Å². The molecule has 0 saturated carbocycles. The van der Waals surface area contributed by atoms with Gasteiger partial charge in [0.15, 0.2) is 0 Å². The Morgan fingerprint density at radius 2 is 2.22 bits per heavy atom. The summed E-state index contributed by atoms with van der Waals surface area (Å²) in [5.41, 5.74) is 0.665. The summed E-state index contributed by atoms with van der Waals surface area (Å²) in [6.45, 7) is 2.03. The Morgan fingerprint density at radius 1 is 1.39 bits per heavy atom. The molecular formula is C14H15NO2S. The van der Waals surface area contributed by atoms with Crippen molar-refractivity contribution in [3.63, 3.8) is 0 Å². The SMILES string of the molecule is COc1ccc(O)c(C=N[C@@H](C)c2cccs2)c1. The van der Waals surface area contributed by atoms with Gasteiger partial charge in [-0.2, -0.15) is 0 Å². The second-order valence-electron chi connectivity index (χ2n) is 3.89. The van der Waals surface area contributed by atoms with Crippen LogP contribution in [0.15, 0.2) is 40.7 Å². The van der Waals surface area contributed by atoms with E-state index in [1.165, 1.54) is 4.88 Å². The molecule has 0 unspecified atom stereocenters. The molecule has 0 aliphatic rings. The van der Waals surface area contributed by atoms with E-state index in [1.807, 2.05) is 18.4 Å². The van der Waals surface area contributed by atoms with Crippen LogP contribution in [0.5, 0.6) is 11.5 Å². The topological polar surface area (TPSA) is 41.8 Å². The van der Waals surface area contributed by atoms with Gasteiger partial charge in [0.25, 0.3) is 0 Å². The molecule has 0 radical (unpaired) electrons. The highest BCUT2D eigenvalue weighted by Gasteiger charge is 2.04. The van der Waals surface area contributed by atoms with Crippen LogP contribution in [0, 0.1) is 0 Å². The molecule has 1 N–H and O–H groups in total. The smallest absolute Gasteiger partial charge is 0.124 e. The summed E-state index contributed by atoms with van der Waals surface area (Å²) in [4.78, 5) is 5.65. The Balaban J connectivity index is 2.18. The largest absolute Gasteiger partial charge is 0.507 e. The summed E-state index contributed by atoms with van der Waals surface area (Å²) in [6, 6.07) is 9.24. The van der Waals surface area contributed by atoms with Crippen LogP contribution in [0.3, 0.4) is 0 Å². The highest BCUT2D eigenvalue weighted by Crippen LogP contribution is 2.24. The Kier molecular flexibility index (Phi) is 3.99. The summed E-state index contributed by atoms with van der Waals surface area (Å²) >= 11 is 1.68. The van der Waals surface area contributed by atoms with Crippen molar-refractivity contribution in [1.29, 1.82) is 0 Å². The van der Waals surface area contributed by atoms with Gasteiger partial charge < -0.3 is 9.84 Å². The maximum Gasteiger partial charge on any atom is 0.124 e. The van der Waals surface area contributed by atoms with Crippen molar-refractivity contribution in [2.24, 2.45) is 4.99 Å². The highest BCUT2D eigenvalue weighted by atomic mass is 32.1. The maximum absolute atomic E-state index is 9.73. The Morgan fingerprint density at radius 3 is 2.89 bits per heavy atom. The van der Waals surface area contributed by atoms with E-state index in [-0.39, 0.29) is 11.8 Å². The van der Waals surface area contributed by atoms with E-state index in [1.54, 1.807) is 42.9 Å². The van der Waals surface area contributed by atoms with Crippen LogP contribution in [0.2, 0.25) is 0 Å². The molecule has 2 rings (SSSR count). The quantitative estimate of drug-likeness (QED) is 0.854. The Labute approximate surface area is 110 Å². The molecule has 0 fully saturated rings. The molecule has 4 heteroatoms. The van der Waals surface area contributed by atoms with Crippen LogP contribution in [0.1, 0.15) is 23.4 Å². The average Bonchev–Trinajstić information content (AvgIpc) is 2.91. The molecule has 3 nitrogen and oxygen atoms in total. The van der Waals surface area contributed by atoms with Gasteiger partial charge in [-0.05, 0) is 36.6 Å². The molecule has 0 amide bonds. The Hall–Kier alpha value is -1.81. The number of phenolic OH excluding ortho intramolecular Hbond substituents is 1. The number of aromatic hydroxyl groups is 1. The van der Waals surface area contributed by atoms with Gasteiger partial charge in [0, 0.05) is 16.7 Å². The van der Waals surface area contributed by atoms with Crippen molar-refractivity contribution in [1.82, 2.24) is 0 Å². The first-order chi connectivity index (χ1) is 8.70. The number of thiophene rings is 1. The fourth-order valence-electron chi connectivity index (χ4n) is 1.56. The van der Waals surface area contributed by atoms with Crippen molar-refractivity contribution in [3.05, 3.63) is 46.2 Å². The van der Waals surface area contributed by atoms with Gasteiger partial charge in [0.05, 0.1) is 13.2 Å². The fourth-order valence-corrected chi connectivity index (χ4v) is 2.29. The molecular weight excluding hydrogens is 246 g/mol. The number of hydrogen-bond acceptors (Lipinski definition) is 4. The van der Waals surface area contributed by atoms with Crippen LogP contribution in [0.25, 0.3) is 0 Å². The Bertz CT molecular complexity index is 535.